The van der Waals surface area contributed by atoms with Crippen molar-refractivity contribution in [2.75, 3.05) is 0 Å². The monoisotopic (exact) mass is 199 g/mol. The first-order chi connectivity index (χ1) is 7.17. The third kappa shape index (κ3) is 2.99. The number of hydrogen-bond acceptors (Lipinski definition) is 1. The summed E-state index contributed by atoms with van der Waals surface area (Å²) in [6.07, 6.45) is 7.09. The fourth-order valence-electron chi connectivity index (χ4n) is 1.07. The third-order valence-corrected chi connectivity index (χ3v) is 2.04. The minimum Gasteiger partial charge on any atom is -0.326 e. The molecule has 2 nitrogen and oxygen atoms in total. The summed E-state index contributed by atoms with van der Waals surface area (Å²) < 4.78 is 0. The van der Waals surface area contributed by atoms with E-state index < -0.39 is 0 Å². The molecule has 0 bridgehead atoms. The van der Waals surface area contributed by atoms with Gasteiger partial charge in [0.1, 0.15) is 0 Å². The molecule has 0 aliphatic carbocycles. The Hall–Kier alpha value is -2.01. The predicted molar refractivity (Wildman–Crippen MR) is 61.3 cm³/mol. The van der Waals surface area contributed by atoms with E-state index in [0.717, 1.165) is 5.70 Å². The highest BCUT2D eigenvalue weighted by molar-refractivity contribution is 5.95. The molecular weight excluding hydrogens is 186 g/mol. The molecule has 0 aliphatic heterocycles. The number of carbonyl (C=O) groups excluding carboxylic acids is 1. The van der Waals surface area contributed by atoms with Gasteiger partial charge >= 0.3 is 0 Å². The summed E-state index contributed by atoms with van der Waals surface area (Å²) in [4.78, 5) is 11.7. The summed E-state index contributed by atoms with van der Waals surface area (Å²) in [5.74, 6) is 2.36. The van der Waals surface area contributed by atoms with Crippen LogP contribution in [-0.4, -0.2) is 5.91 Å². The van der Waals surface area contributed by atoms with E-state index in [2.05, 4.69) is 11.2 Å². The lowest BCUT2D eigenvalue weighted by Crippen LogP contribution is -2.21. The van der Waals surface area contributed by atoms with E-state index in [4.69, 9.17) is 6.42 Å². The van der Waals surface area contributed by atoms with E-state index in [9.17, 15) is 4.79 Å². The second kappa shape index (κ2) is 5.02. The summed E-state index contributed by atoms with van der Waals surface area (Å²) in [6.45, 7) is 3.70. The molecule has 2 heteroatoms. The van der Waals surface area contributed by atoms with Gasteiger partial charge in [0, 0.05) is 16.8 Å². The fourth-order valence-corrected chi connectivity index (χ4v) is 1.07. The summed E-state index contributed by atoms with van der Waals surface area (Å²) >= 11 is 0. The van der Waals surface area contributed by atoms with Gasteiger partial charge in [0.15, 0.2) is 0 Å². The summed E-state index contributed by atoms with van der Waals surface area (Å²) in [5.41, 5.74) is 2.11. The Morgan fingerprint density at radius 1 is 1.53 bits per heavy atom. The molecule has 1 aromatic carbocycles. The number of allylic oxidation sites excluding steroid dienone is 2. The lowest BCUT2D eigenvalue weighted by Gasteiger charge is -2.04. The molecule has 0 unspecified atom stereocenters. The fraction of sp³-hybridized carbons (Fsp3) is 0.154. The maximum Gasteiger partial charge on any atom is 0.255 e. The zero-order chi connectivity index (χ0) is 11.3. The van der Waals surface area contributed by atoms with Crippen LogP contribution in [0.2, 0.25) is 0 Å². The molecule has 0 spiro atoms. The van der Waals surface area contributed by atoms with Crippen LogP contribution >= 0.6 is 0 Å². The second-order valence-electron chi connectivity index (χ2n) is 3.15. The van der Waals surface area contributed by atoms with Crippen LogP contribution in [-0.2, 0) is 0 Å². The van der Waals surface area contributed by atoms with E-state index in [1.54, 1.807) is 24.3 Å². The molecule has 0 saturated carbocycles. The van der Waals surface area contributed by atoms with Crippen molar-refractivity contribution in [3.05, 3.63) is 47.2 Å². The zero-order valence-electron chi connectivity index (χ0n) is 8.87. The summed E-state index contributed by atoms with van der Waals surface area (Å²) in [6, 6.07) is 6.99. The van der Waals surface area contributed by atoms with E-state index in [0.29, 0.717) is 11.1 Å². The van der Waals surface area contributed by atoms with E-state index in [1.807, 2.05) is 19.9 Å². The SMILES string of the molecule is C#Cc1cccc(C(=O)N/C(C)=C\C)c1. The van der Waals surface area contributed by atoms with Crippen LogP contribution in [0.3, 0.4) is 0 Å². The Morgan fingerprint density at radius 2 is 2.27 bits per heavy atom. The molecular formula is C13H13NO. The van der Waals surface area contributed by atoms with Gasteiger partial charge in [-0.25, -0.2) is 0 Å². The molecule has 0 fully saturated rings. The van der Waals surface area contributed by atoms with Gasteiger partial charge in [-0.2, -0.15) is 0 Å². The highest BCUT2D eigenvalue weighted by atomic mass is 16.1. The standard InChI is InChI=1S/C13H13NO/c1-4-10(3)14-13(15)12-8-6-7-11(5-2)9-12/h2,4,6-9H,1,3H3,(H,14,15)/b10-4-. The van der Waals surface area contributed by atoms with Crippen LogP contribution in [0.15, 0.2) is 36.0 Å². The van der Waals surface area contributed by atoms with Gasteiger partial charge in [0.05, 0.1) is 0 Å². The van der Waals surface area contributed by atoms with Crippen LogP contribution in [0, 0.1) is 12.3 Å². The molecule has 1 amide bonds. The van der Waals surface area contributed by atoms with Gasteiger partial charge in [0.2, 0.25) is 0 Å². The molecule has 1 aromatic rings. The maximum absolute atomic E-state index is 11.7. The molecule has 0 radical (unpaired) electrons. The van der Waals surface area contributed by atoms with Gasteiger partial charge in [-0.15, -0.1) is 6.42 Å². The molecule has 15 heavy (non-hydrogen) atoms. The van der Waals surface area contributed by atoms with Crippen molar-refractivity contribution in [1.29, 1.82) is 0 Å². The topological polar surface area (TPSA) is 29.1 Å². The molecule has 0 aromatic heterocycles. The van der Waals surface area contributed by atoms with Crippen LogP contribution in [0.1, 0.15) is 29.8 Å². The van der Waals surface area contributed by atoms with Crippen LogP contribution < -0.4 is 5.32 Å². The predicted octanol–water partition coefficient (Wildman–Crippen LogP) is 2.32. The Labute approximate surface area is 90.0 Å². The second-order valence-corrected chi connectivity index (χ2v) is 3.15. The Balaban J connectivity index is 2.88. The Morgan fingerprint density at radius 3 is 2.87 bits per heavy atom. The maximum atomic E-state index is 11.7. The van der Waals surface area contributed by atoms with Gasteiger partial charge in [-0.3, -0.25) is 4.79 Å². The Kier molecular flexibility index (Phi) is 3.70. The number of hydrogen-bond donors (Lipinski definition) is 1. The van der Waals surface area contributed by atoms with Crippen molar-refractivity contribution in [2.45, 2.75) is 13.8 Å². The van der Waals surface area contributed by atoms with Crippen LogP contribution in [0.4, 0.5) is 0 Å². The minimum absolute atomic E-state index is 0.136. The minimum atomic E-state index is -0.136. The Bertz CT molecular complexity index is 438. The summed E-state index contributed by atoms with van der Waals surface area (Å²) in [5, 5.41) is 2.75. The number of terminal acetylenes is 1. The first kappa shape index (κ1) is 11.1. The molecule has 76 valence electrons. The van der Waals surface area contributed by atoms with Crippen molar-refractivity contribution in [2.24, 2.45) is 0 Å². The van der Waals surface area contributed by atoms with Gasteiger partial charge in [0.25, 0.3) is 5.91 Å². The lowest BCUT2D eigenvalue weighted by molar-refractivity contribution is 0.0966. The van der Waals surface area contributed by atoms with E-state index in [-0.39, 0.29) is 5.91 Å². The largest absolute Gasteiger partial charge is 0.326 e. The molecule has 0 atom stereocenters. The van der Waals surface area contributed by atoms with E-state index in [1.165, 1.54) is 0 Å². The molecule has 0 heterocycles. The highest BCUT2D eigenvalue weighted by Gasteiger charge is 2.04. The normalized spacial score (nSPS) is 10.6. The average molecular weight is 199 g/mol. The number of nitrogens with one attached hydrogen (secondary N) is 1. The van der Waals surface area contributed by atoms with Crippen LogP contribution in [0.5, 0.6) is 0 Å². The number of carbonyl (C=O) groups is 1. The zero-order valence-corrected chi connectivity index (χ0v) is 8.87. The van der Waals surface area contributed by atoms with Crippen molar-refractivity contribution >= 4 is 5.91 Å². The summed E-state index contributed by atoms with van der Waals surface area (Å²) in [7, 11) is 0. The smallest absolute Gasteiger partial charge is 0.255 e. The molecule has 1 N–H and O–H groups in total. The number of amides is 1. The van der Waals surface area contributed by atoms with Crippen molar-refractivity contribution in [3.8, 4) is 12.3 Å². The molecule has 1 rings (SSSR count). The molecule has 0 aliphatic rings. The molecule has 0 saturated heterocycles. The van der Waals surface area contributed by atoms with Crippen molar-refractivity contribution < 1.29 is 4.79 Å². The van der Waals surface area contributed by atoms with Crippen LogP contribution in [0.25, 0.3) is 0 Å². The van der Waals surface area contributed by atoms with Gasteiger partial charge in [-0.05, 0) is 32.0 Å². The quantitative estimate of drug-likeness (QED) is 0.728. The van der Waals surface area contributed by atoms with Gasteiger partial charge in [-0.1, -0.05) is 18.1 Å². The highest BCUT2D eigenvalue weighted by Crippen LogP contribution is 2.04. The van der Waals surface area contributed by atoms with Gasteiger partial charge < -0.3 is 5.32 Å². The lowest BCUT2D eigenvalue weighted by atomic mass is 10.1. The number of benzene rings is 1. The van der Waals surface area contributed by atoms with Crippen molar-refractivity contribution in [3.63, 3.8) is 0 Å². The third-order valence-electron chi connectivity index (χ3n) is 2.04. The van der Waals surface area contributed by atoms with Crippen molar-refractivity contribution in [1.82, 2.24) is 5.32 Å². The first-order valence-electron chi connectivity index (χ1n) is 4.68. The number of rotatable bonds is 2. The van der Waals surface area contributed by atoms with E-state index >= 15 is 0 Å². The first-order valence-corrected chi connectivity index (χ1v) is 4.68. The average Bonchev–Trinajstić information content (AvgIpc) is 2.28.